The maximum atomic E-state index is 12.5. The van der Waals surface area contributed by atoms with Gasteiger partial charge in [0.05, 0.1) is 12.1 Å². The summed E-state index contributed by atoms with van der Waals surface area (Å²) in [6.07, 6.45) is -4.43. The van der Waals surface area contributed by atoms with Crippen molar-refractivity contribution in [2.75, 3.05) is 6.54 Å². The molecule has 0 saturated carbocycles. The van der Waals surface area contributed by atoms with Gasteiger partial charge in [-0.1, -0.05) is 17.9 Å². The fourth-order valence-corrected chi connectivity index (χ4v) is 1.61. The number of benzene rings is 1. The molecule has 2 aromatic rings. The minimum absolute atomic E-state index is 0.00506. The first-order chi connectivity index (χ1) is 10.9. The molecule has 0 aliphatic heterocycles. The molecule has 5 nitrogen and oxygen atoms in total. The Kier molecular flexibility index (Phi) is 4.81. The van der Waals surface area contributed by atoms with Crippen molar-refractivity contribution in [3.63, 3.8) is 0 Å². The molecule has 0 aliphatic rings. The SMILES string of the molecule is O=C(NCC#Cc1cccc(C(F)(F)F)c1)c1ccc(=O)[nH]n1. The van der Waals surface area contributed by atoms with E-state index >= 15 is 0 Å². The molecule has 0 spiro atoms. The Morgan fingerprint density at radius 1 is 1.26 bits per heavy atom. The molecule has 118 valence electrons. The van der Waals surface area contributed by atoms with Crippen molar-refractivity contribution >= 4 is 5.91 Å². The van der Waals surface area contributed by atoms with Crippen LogP contribution in [0.15, 0.2) is 41.2 Å². The van der Waals surface area contributed by atoms with E-state index < -0.39 is 23.2 Å². The molecule has 0 radical (unpaired) electrons. The lowest BCUT2D eigenvalue weighted by Gasteiger charge is -2.05. The summed E-state index contributed by atoms with van der Waals surface area (Å²) < 4.78 is 37.6. The third kappa shape index (κ3) is 4.71. The fourth-order valence-electron chi connectivity index (χ4n) is 1.61. The van der Waals surface area contributed by atoms with Crippen molar-refractivity contribution in [2.24, 2.45) is 0 Å². The highest BCUT2D eigenvalue weighted by molar-refractivity contribution is 5.92. The quantitative estimate of drug-likeness (QED) is 0.825. The summed E-state index contributed by atoms with van der Waals surface area (Å²) in [5, 5.41) is 8.05. The molecule has 0 saturated heterocycles. The Hall–Kier alpha value is -3.08. The number of nitrogens with zero attached hydrogens (tertiary/aromatic N) is 1. The highest BCUT2D eigenvalue weighted by Crippen LogP contribution is 2.29. The van der Waals surface area contributed by atoms with Gasteiger partial charge < -0.3 is 5.32 Å². The van der Waals surface area contributed by atoms with Gasteiger partial charge in [-0.05, 0) is 24.3 Å². The standard InChI is InChI=1S/C15H10F3N3O2/c16-15(17,18)11-5-1-3-10(9-11)4-2-8-19-14(23)12-6-7-13(22)21-20-12/h1,3,5-7,9H,8H2,(H,19,23)(H,21,22). The molecule has 0 aliphatic carbocycles. The van der Waals surface area contributed by atoms with Gasteiger partial charge in [-0.25, -0.2) is 5.10 Å². The van der Waals surface area contributed by atoms with Crippen LogP contribution in [0.3, 0.4) is 0 Å². The van der Waals surface area contributed by atoms with Crippen LogP contribution in [0.2, 0.25) is 0 Å². The third-order valence-corrected chi connectivity index (χ3v) is 2.67. The minimum Gasteiger partial charge on any atom is -0.340 e. The second-order valence-corrected chi connectivity index (χ2v) is 4.37. The number of rotatable bonds is 2. The van der Waals surface area contributed by atoms with Gasteiger partial charge in [0.2, 0.25) is 0 Å². The van der Waals surface area contributed by atoms with Crippen LogP contribution in [0.1, 0.15) is 21.6 Å². The molecule has 0 unspecified atom stereocenters. The number of carbonyl (C=O) groups excluding carboxylic acids is 1. The van der Waals surface area contributed by atoms with Gasteiger partial charge in [0.25, 0.3) is 11.5 Å². The van der Waals surface area contributed by atoms with E-state index in [9.17, 15) is 22.8 Å². The average Bonchev–Trinajstić information content (AvgIpc) is 2.51. The summed E-state index contributed by atoms with van der Waals surface area (Å²) in [5.74, 6) is 4.52. The number of aromatic amines is 1. The number of amides is 1. The van der Waals surface area contributed by atoms with Crippen LogP contribution in [0.5, 0.6) is 0 Å². The number of hydrogen-bond acceptors (Lipinski definition) is 3. The number of halogens is 3. The molecule has 2 N–H and O–H groups in total. The molecular formula is C15H10F3N3O2. The second-order valence-electron chi connectivity index (χ2n) is 4.37. The van der Waals surface area contributed by atoms with Crippen molar-refractivity contribution in [3.8, 4) is 11.8 Å². The Bertz CT molecular complexity index is 812. The maximum absolute atomic E-state index is 12.5. The van der Waals surface area contributed by atoms with Crippen LogP contribution in [0.25, 0.3) is 0 Å². The van der Waals surface area contributed by atoms with Crippen LogP contribution in [-0.2, 0) is 6.18 Å². The summed E-state index contributed by atoms with van der Waals surface area (Å²) in [6, 6.07) is 6.97. The zero-order valence-electron chi connectivity index (χ0n) is 11.6. The van der Waals surface area contributed by atoms with Gasteiger partial charge in [-0.2, -0.15) is 18.3 Å². The van der Waals surface area contributed by atoms with Gasteiger partial charge in [0, 0.05) is 11.6 Å². The van der Waals surface area contributed by atoms with Gasteiger partial charge in [-0.3, -0.25) is 9.59 Å². The minimum atomic E-state index is -4.43. The highest BCUT2D eigenvalue weighted by Gasteiger charge is 2.30. The third-order valence-electron chi connectivity index (χ3n) is 2.67. The predicted molar refractivity (Wildman–Crippen MR) is 75.5 cm³/mol. The molecule has 0 atom stereocenters. The first-order valence-corrected chi connectivity index (χ1v) is 6.36. The Morgan fingerprint density at radius 2 is 2.04 bits per heavy atom. The van der Waals surface area contributed by atoms with E-state index in [1.165, 1.54) is 18.2 Å². The summed E-state index contributed by atoms with van der Waals surface area (Å²) in [7, 11) is 0. The molecule has 1 heterocycles. The van der Waals surface area contributed by atoms with E-state index in [1.54, 1.807) is 0 Å². The van der Waals surface area contributed by atoms with Crippen molar-refractivity contribution < 1.29 is 18.0 Å². The average molecular weight is 321 g/mol. The molecule has 1 amide bonds. The second kappa shape index (κ2) is 6.79. The van der Waals surface area contributed by atoms with Crippen LogP contribution in [0, 0.1) is 11.8 Å². The lowest BCUT2D eigenvalue weighted by Crippen LogP contribution is -2.26. The molecular weight excluding hydrogens is 311 g/mol. The molecule has 8 heteroatoms. The van der Waals surface area contributed by atoms with Crippen molar-refractivity contribution in [1.82, 2.24) is 15.5 Å². The monoisotopic (exact) mass is 321 g/mol. The number of carbonyl (C=O) groups is 1. The number of aromatic nitrogens is 2. The van der Waals surface area contributed by atoms with Crippen molar-refractivity contribution in [2.45, 2.75) is 6.18 Å². The molecule has 0 bridgehead atoms. The first-order valence-electron chi connectivity index (χ1n) is 6.36. The van der Waals surface area contributed by atoms with Crippen molar-refractivity contribution in [3.05, 3.63) is 63.6 Å². The van der Waals surface area contributed by atoms with Crippen LogP contribution in [-0.4, -0.2) is 22.6 Å². The summed E-state index contributed by atoms with van der Waals surface area (Å²) in [6.45, 7) is -0.0735. The van der Waals surface area contributed by atoms with Gasteiger partial charge in [0.1, 0.15) is 5.69 Å². The zero-order chi connectivity index (χ0) is 16.9. The number of hydrogen-bond donors (Lipinski definition) is 2. The van der Waals surface area contributed by atoms with Gasteiger partial charge in [-0.15, -0.1) is 0 Å². The number of nitrogens with one attached hydrogen (secondary N) is 2. The van der Waals surface area contributed by atoms with Gasteiger partial charge >= 0.3 is 6.18 Å². The Labute approximate surface area is 128 Å². The van der Waals surface area contributed by atoms with E-state index in [4.69, 9.17) is 0 Å². The summed E-state index contributed by atoms with van der Waals surface area (Å²) in [5.41, 5.74) is -1.03. The molecule has 1 aromatic heterocycles. The normalized spacial score (nSPS) is 10.6. The van der Waals surface area contributed by atoms with E-state index in [-0.39, 0.29) is 17.8 Å². The van der Waals surface area contributed by atoms with E-state index in [0.29, 0.717) is 0 Å². The Morgan fingerprint density at radius 3 is 2.70 bits per heavy atom. The van der Waals surface area contributed by atoms with E-state index in [2.05, 4.69) is 27.4 Å². The van der Waals surface area contributed by atoms with Crippen LogP contribution >= 0.6 is 0 Å². The van der Waals surface area contributed by atoms with Crippen molar-refractivity contribution in [1.29, 1.82) is 0 Å². The highest BCUT2D eigenvalue weighted by atomic mass is 19.4. The van der Waals surface area contributed by atoms with Crippen LogP contribution in [0.4, 0.5) is 13.2 Å². The molecule has 23 heavy (non-hydrogen) atoms. The number of H-pyrrole nitrogens is 1. The fraction of sp³-hybridized carbons (Fsp3) is 0.133. The molecule has 2 rings (SSSR count). The predicted octanol–water partition coefficient (Wildman–Crippen LogP) is 1.57. The van der Waals surface area contributed by atoms with Gasteiger partial charge in [0.15, 0.2) is 0 Å². The smallest absolute Gasteiger partial charge is 0.340 e. The lowest BCUT2D eigenvalue weighted by atomic mass is 10.1. The molecule has 0 fully saturated rings. The topological polar surface area (TPSA) is 74.8 Å². The van der Waals surface area contributed by atoms with E-state index in [0.717, 1.165) is 18.2 Å². The van der Waals surface area contributed by atoms with Crippen LogP contribution < -0.4 is 10.9 Å². The first kappa shape index (κ1) is 16.3. The van der Waals surface area contributed by atoms with E-state index in [1.807, 2.05) is 0 Å². The molecule has 1 aromatic carbocycles. The Balaban J connectivity index is 1.97. The lowest BCUT2D eigenvalue weighted by molar-refractivity contribution is -0.137. The summed E-state index contributed by atoms with van der Waals surface area (Å²) >= 11 is 0. The maximum Gasteiger partial charge on any atom is 0.416 e. The zero-order valence-corrected chi connectivity index (χ0v) is 11.6. The number of alkyl halides is 3. The largest absolute Gasteiger partial charge is 0.416 e. The summed E-state index contributed by atoms with van der Waals surface area (Å²) in [4.78, 5) is 22.4.